The third kappa shape index (κ3) is 4.14. The van der Waals surface area contributed by atoms with Gasteiger partial charge in [0.15, 0.2) is 0 Å². The van der Waals surface area contributed by atoms with Crippen molar-refractivity contribution in [1.82, 2.24) is 4.90 Å². The largest absolute Gasteiger partial charge is 0.489 e. The first-order chi connectivity index (χ1) is 8.41. The van der Waals surface area contributed by atoms with Gasteiger partial charge in [-0.2, -0.15) is 0 Å². The number of rotatable bonds is 5. The number of carbonyl (C=O) groups is 1. The van der Waals surface area contributed by atoms with Crippen LogP contribution in [0.1, 0.15) is 13.8 Å². The fourth-order valence-corrected chi connectivity index (χ4v) is 2.24. The van der Waals surface area contributed by atoms with E-state index in [4.69, 9.17) is 10.5 Å². The molecule has 0 radical (unpaired) electrons. The Labute approximate surface area is 112 Å². The average Bonchev–Trinajstić information content (AvgIpc) is 2.29. The molecule has 0 aromatic heterocycles. The minimum atomic E-state index is 0.0644. The van der Waals surface area contributed by atoms with Gasteiger partial charge in [-0.25, -0.2) is 0 Å². The maximum Gasteiger partial charge on any atom is 0.232 e. The summed E-state index contributed by atoms with van der Waals surface area (Å²) >= 11 is 1.43. The molecule has 0 unspecified atom stereocenters. The molecule has 0 saturated carbocycles. The molecule has 0 saturated heterocycles. The van der Waals surface area contributed by atoms with Crippen LogP contribution in [0.4, 0.5) is 5.69 Å². The van der Waals surface area contributed by atoms with Crippen molar-refractivity contribution >= 4 is 23.4 Å². The van der Waals surface area contributed by atoms with Crippen LogP contribution in [0.3, 0.4) is 0 Å². The first-order valence-electron chi connectivity index (χ1n) is 5.80. The topological polar surface area (TPSA) is 55.6 Å². The monoisotopic (exact) mass is 268 g/mol. The molecule has 1 aromatic carbocycles. The first kappa shape index (κ1) is 14.7. The van der Waals surface area contributed by atoms with Crippen LogP contribution in [0.15, 0.2) is 23.1 Å². The fraction of sp³-hybridized carbons (Fsp3) is 0.462. The molecule has 0 heterocycles. The number of benzene rings is 1. The highest BCUT2D eigenvalue weighted by Gasteiger charge is 2.10. The van der Waals surface area contributed by atoms with Crippen LogP contribution >= 0.6 is 11.8 Å². The van der Waals surface area contributed by atoms with Crippen molar-refractivity contribution < 1.29 is 9.53 Å². The molecule has 0 aliphatic rings. The predicted molar refractivity (Wildman–Crippen MR) is 76.0 cm³/mol. The first-order valence-corrected chi connectivity index (χ1v) is 6.78. The number of anilines is 1. The Morgan fingerprint density at radius 2 is 2.11 bits per heavy atom. The molecule has 0 spiro atoms. The second kappa shape index (κ2) is 6.54. The van der Waals surface area contributed by atoms with Crippen molar-refractivity contribution in [3.05, 3.63) is 18.2 Å². The van der Waals surface area contributed by atoms with Crippen LogP contribution in [0, 0.1) is 0 Å². The average molecular weight is 268 g/mol. The Hall–Kier alpha value is -1.36. The van der Waals surface area contributed by atoms with E-state index < -0.39 is 0 Å². The van der Waals surface area contributed by atoms with Crippen LogP contribution in [0.2, 0.25) is 0 Å². The van der Waals surface area contributed by atoms with Crippen LogP contribution in [0.25, 0.3) is 0 Å². The summed E-state index contributed by atoms with van der Waals surface area (Å²) in [5.41, 5.74) is 6.62. The lowest BCUT2D eigenvalue weighted by Gasteiger charge is -2.15. The van der Waals surface area contributed by atoms with Gasteiger partial charge in [-0.3, -0.25) is 4.79 Å². The number of carbonyl (C=O) groups excluding carboxylic acids is 1. The maximum atomic E-state index is 11.5. The van der Waals surface area contributed by atoms with E-state index >= 15 is 0 Å². The molecule has 2 N–H and O–H groups in total. The summed E-state index contributed by atoms with van der Waals surface area (Å²) in [7, 11) is 3.48. The molecule has 1 amide bonds. The Balaban J connectivity index is 2.75. The highest BCUT2D eigenvalue weighted by molar-refractivity contribution is 8.00. The van der Waals surface area contributed by atoms with Crippen LogP contribution in [0.5, 0.6) is 5.75 Å². The summed E-state index contributed by atoms with van der Waals surface area (Å²) in [6.45, 7) is 3.91. The van der Waals surface area contributed by atoms with Gasteiger partial charge in [0.2, 0.25) is 5.91 Å². The molecule has 4 nitrogen and oxygen atoms in total. The molecule has 1 aromatic rings. The summed E-state index contributed by atoms with van der Waals surface area (Å²) in [6.07, 6.45) is 0.0796. The molecule has 1 rings (SSSR count). The van der Waals surface area contributed by atoms with Crippen molar-refractivity contribution in [2.45, 2.75) is 24.8 Å². The number of thioether (sulfide) groups is 1. The minimum Gasteiger partial charge on any atom is -0.489 e. The molecule has 100 valence electrons. The van der Waals surface area contributed by atoms with Gasteiger partial charge in [-0.15, -0.1) is 11.8 Å². The van der Waals surface area contributed by atoms with Gasteiger partial charge in [0, 0.05) is 19.0 Å². The number of hydrogen-bond acceptors (Lipinski definition) is 4. The Bertz CT molecular complexity index is 419. The van der Waals surface area contributed by atoms with E-state index in [-0.39, 0.29) is 12.0 Å². The van der Waals surface area contributed by atoms with E-state index in [9.17, 15) is 4.79 Å². The molecule has 5 heteroatoms. The number of hydrogen-bond donors (Lipinski definition) is 1. The highest BCUT2D eigenvalue weighted by Crippen LogP contribution is 2.33. The zero-order valence-corrected chi connectivity index (χ0v) is 12.1. The van der Waals surface area contributed by atoms with Gasteiger partial charge in [0.25, 0.3) is 0 Å². The maximum absolute atomic E-state index is 11.5. The standard InChI is InChI=1S/C13H20N2O2S/c1-9(2)17-10-6-5-7-11(13(10)14)18-8-12(16)15(3)4/h5-7,9H,8,14H2,1-4H3. The van der Waals surface area contributed by atoms with E-state index in [0.29, 0.717) is 17.2 Å². The predicted octanol–water partition coefficient (Wildman–Crippen LogP) is 2.24. The lowest BCUT2D eigenvalue weighted by atomic mass is 10.3. The summed E-state index contributed by atoms with van der Waals surface area (Å²) < 4.78 is 5.61. The Morgan fingerprint density at radius 1 is 1.44 bits per heavy atom. The van der Waals surface area contributed by atoms with Gasteiger partial charge < -0.3 is 15.4 Å². The normalized spacial score (nSPS) is 10.5. The Morgan fingerprint density at radius 3 is 2.67 bits per heavy atom. The van der Waals surface area contributed by atoms with E-state index in [1.807, 2.05) is 32.0 Å². The van der Waals surface area contributed by atoms with Gasteiger partial charge in [-0.05, 0) is 26.0 Å². The van der Waals surface area contributed by atoms with Gasteiger partial charge in [0.1, 0.15) is 5.75 Å². The molecule has 0 atom stereocenters. The molecular formula is C13H20N2O2S. The number of nitrogen functional groups attached to an aromatic ring is 1. The third-order valence-corrected chi connectivity index (χ3v) is 3.30. The fourth-order valence-electron chi connectivity index (χ4n) is 1.28. The second-order valence-corrected chi connectivity index (χ2v) is 5.43. The summed E-state index contributed by atoms with van der Waals surface area (Å²) in [4.78, 5) is 14.0. The van der Waals surface area contributed by atoms with E-state index in [1.165, 1.54) is 11.8 Å². The second-order valence-electron chi connectivity index (χ2n) is 4.41. The van der Waals surface area contributed by atoms with Gasteiger partial charge in [-0.1, -0.05) is 6.07 Å². The zero-order valence-electron chi connectivity index (χ0n) is 11.3. The summed E-state index contributed by atoms with van der Waals surface area (Å²) in [5.74, 6) is 1.12. The number of para-hydroxylation sites is 1. The number of ether oxygens (including phenoxy) is 1. The van der Waals surface area contributed by atoms with Crippen molar-refractivity contribution in [3.8, 4) is 5.75 Å². The number of nitrogens with zero attached hydrogens (tertiary/aromatic N) is 1. The van der Waals surface area contributed by atoms with Crippen LogP contribution in [-0.2, 0) is 4.79 Å². The van der Waals surface area contributed by atoms with Crippen LogP contribution < -0.4 is 10.5 Å². The number of amides is 1. The van der Waals surface area contributed by atoms with Gasteiger partial charge in [0.05, 0.1) is 17.5 Å². The zero-order chi connectivity index (χ0) is 13.7. The summed E-state index contributed by atoms with van der Waals surface area (Å²) in [5, 5.41) is 0. The highest BCUT2D eigenvalue weighted by atomic mass is 32.2. The van der Waals surface area contributed by atoms with Crippen molar-refractivity contribution in [2.24, 2.45) is 0 Å². The quantitative estimate of drug-likeness (QED) is 0.657. The molecule has 18 heavy (non-hydrogen) atoms. The molecule has 0 fully saturated rings. The van der Waals surface area contributed by atoms with Gasteiger partial charge >= 0.3 is 0 Å². The Kier molecular flexibility index (Phi) is 5.34. The van der Waals surface area contributed by atoms with Crippen molar-refractivity contribution in [1.29, 1.82) is 0 Å². The lowest BCUT2D eigenvalue weighted by molar-refractivity contribution is -0.125. The van der Waals surface area contributed by atoms with Crippen molar-refractivity contribution in [3.63, 3.8) is 0 Å². The summed E-state index contributed by atoms with van der Waals surface area (Å²) in [6, 6.07) is 5.62. The molecule has 0 bridgehead atoms. The minimum absolute atomic E-state index is 0.0644. The molecule has 0 aliphatic carbocycles. The van der Waals surface area contributed by atoms with E-state index in [1.54, 1.807) is 19.0 Å². The van der Waals surface area contributed by atoms with E-state index in [0.717, 1.165) is 4.90 Å². The number of nitrogens with two attached hydrogens (primary N) is 1. The third-order valence-electron chi connectivity index (χ3n) is 2.24. The van der Waals surface area contributed by atoms with Crippen molar-refractivity contribution in [2.75, 3.05) is 25.6 Å². The SMILES string of the molecule is CC(C)Oc1cccc(SCC(=O)N(C)C)c1N. The molecular weight excluding hydrogens is 248 g/mol. The van der Waals surface area contributed by atoms with Crippen LogP contribution in [-0.4, -0.2) is 36.8 Å². The van der Waals surface area contributed by atoms with E-state index in [2.05, 4.69) is 0 Å². The molecule has 0 aliphatic heterocycles. The smallest absolute Gasteiger partial charge is 0.232 e. The lowest BCUT2D eigenvalue weighted by Crippen LogP contribution is -2.23.